The summed E-state index contributed by atoms with van der Waals surface area (Å²) in [5, 5.41) is 0. The van der Waals surface area contributed by atoms with E-state index in [4.69, 9.17) is 5.73 Å². The van der Waals surface area contributed by atoms with Crippen molar-refractivity contribution in [3.8, 4) is 0 Å². The summed E-state index contributed by atoms with van der Waals surface area (Å²) >= 11 is 0. The van der Waals surface area contributed by atoms with E-state index >= 15 is 0 Å². The molecule has 1 unspecified atom stereocenters. The molecule has 0 saturated heterocycles. The van der Waals surface area contributed by atoms with E-state index in [0.29, 0.717) is 0 Å². The maximum atomic E-state index is 13.3. The van der Waals surface area contributed by atoms with Crippen LogP contribution in [0, 0.1) is 11.6 Å². The Morgan fingerprint density at radius 3 is 2.47 bits per heavy atom. The van der Waals surface area contributed by atoms with Gasteiger partial charge in [0.1, 0.15) is 11.6 Å². The average molecular weight is 264 g/mol. The molecule has 0 aliphatic carbocycles. The van der Waals surface area contributed by atoms with Crippen LogP contribution in [-0.2, 0) is 10.0 Å². The third-order valence-electron chi connectivity index (χ3n) is 2.30. The van der Waals surface area contributed by atoms with E-state index in [1.807, 2.05) is 0 Å². The number of nitrogens with two attached hydrogens (primary N) is 1. The molecule has 0 radical (unpaired) electrons. The number of hydrogen-bond acceptors (Lipinski definition) is 3. The van der Waals surface area contributed by atoms with Crippen LogP contribution in [0.25, 0.3) is 0 Å². The molecule has 1 aromatic rings. The Hall–Kier alpha value is -1.05. The van der Waals surface area contributed by atoms with E-state index in [0.717, 1.165) is 22.5 Å². The van der Waals surface area contributed by atoms with E-state index in [2.05, 4.69) is 0 Å². The van der Waals surface area contributed by atoms with Gasteiger partial charge in [-0.15, -0.1) is 0 Å². The first-order valence-electron chi connectivity index (χ1n) is 4.85. The smallest absolute Gasteiger partial charge is 0.215 e. The summed E-state index contributed by atoms with van der Waals surface area (Å²) in [5.74, 6) is -1.84. The fraction of sp³-hybridized carbons (Fsp3) is 0.400. The summed E-state index contributed by atoms with van der Waals surface area (Å²) in [4.78, 5) is 0. The van der Waals surface area contributed by atoms with Crippen LogP contribution < -0.4 is 5.73 Å². The first-order chi connectivity index (χ1) is 7.74. The van der Waals surface area contributed by atoms with Gasteiger partial charge in [0.15, 0.2) is 0 Å². The van der Waals surface area contributed by atoms with Gasteiger partial charge in [-0.1, -0.05) is 0 Å². The Balaban J connectivity index is 2.98. The first kappa shape index (κ1) is 14.0. The molecular weight excluding hydrogens is 250 g/mol. The van der Waals surface area contributed by atoms with Crippen molar-refractivity contribution in [3.05, 3.63) is 35.4 Å². The van der Waals surface area contributed by atoms with Crippen molar-refractivity contribution < 1.29 is 17.2 Å². The number of sulfonamides is 1. The zero-order valence-corrected chi connectivity index (χ0v) is 10.3. The van der Waals surface area contributed by atoms with Crippen molar-refractivity contribution in [2.24, 2.45) is 5.73 Å². The van der Waals surface area contributed by atoms with Gasteiger partial charge in [0.2, 0.25) is 10.0 Å². The highest BCUT2D eigenvalue weighted by Crippen LogP contribution is 2.18. The first-order valence-corrected chi connectivity index (χ1v) is 6.45. The number of hydrogen-bond donors (Lipinski definition) is 1. The lowest BCUT2D eigenvalue weighted by atomic mass is 10.1. The largest absolute Gasteiger partial charge is 0.323 e. The summed E-state index contributed by atoms with van der Waals surface area (Å²) in [6, 6.07) is 1.68. The molecule has 0 saturated carbocycles. The van der Waals surface area contributed by atoms with Crippen molar-refractivity contribution in [2.45, 2.75) is 6.04 Å². The molecule has 0 spiro atoms. The Morgan fingerprint density at radius 2 is 1.94 bits per heavy atom. The number of benzene rings is 1. The second-order valence-corrected chi connectivity index (χ2v) is 6.06. The highest BCUT2D eigenvalue weighted by atomic mass is 32.2. The summed E-state index contributed by atoms with van der Waals surface area (Å²) < 4.78 is 50.3. The molecule has 17 heavy (non-hydrogen) atoms. The molecule has 0 aromatic heterocycles. The van der Waals surface area contributed by atoms with Crippen molar-refractivity contribution in [3.63, 3.8) is 0 Å². The molecule has 0 aliphatic rings. The highest BCUT2D eigenvalue weighted by Gasteiger charge is 2.22. The quantitative estimate of drug-likeness (QED) is 0.877. The standard InChI is InChI=1S/C10H14F2N2O2S/c1-14(2)17(15,16)6-10(13)8-5-7(11)3-4-9(8)12/h3-5,10H,6,13H2,1-2H3. The number of nitrogens with zero attached hydrogens (tertiary/aromatic N) is 1. The molecule has 4 nitrogen and oxygen atoms in total. The molecule has 1 aromatic carbocycles. The highest BCUT2D eigenvalue weighted by molar-refractivity contribution is 7.89. The van der Waals surface area contributed by atoms with Crippen LogP contribution in [0.2, 0.25) is 0 Å². The molecule has 0 bridgehead atoms. The van der Waals surface area contributed by atoms with Gasteiger partial charge in [-0.3, -0.25) is 0 Å². The van der Waals surface area contributed by atoms with E-state index < -0.39 is 33.5 Å². The minimum atomic E-state index is -3.56. The lowest BCUT2D eigenvalue weighted by molar-refractivity contribution is 0.511. The van der Waals surface area contributed by atoms with Gasteiger partial charge in [-0.25, -0.2) is 21.5 Å². The summed E-state index contributed by atoms with van der Waals surface area (Å²) in [6.45, 7) is 0. The summed E-state index contributed by atoms with van der Waals surface area (Å²) in [6.07, 6.45) is 0. The third-order valence-corrected chi connectivity index (χ3v) is 4.20. The van der Waals surface area contributed by atoms with Crippen LogP contribution in [0.3, 0.4) is 0 Å². The second-order valence-electron chi connectivity index (χ2n) is 3.83. The Morgan fingerprint density at radius 1 is 1.35 bits per heavy atom. The van der Waals surface area contributed by atoms with Gasteiger partial charge in [-0.2, -0.15) is 0 Å². The molecule has 1 rings (SSSR count). The monoisotopic (exact) mass is 264 g/mol. The van der Waals surface area contributed by atoms with Crippen LogP contribution in [0.1, 0.15) is 11.6 Å². The predicted octanol–water partition coefficient (Wildman–Crippen LogP) is 0.856. The molecule has 1 atom stereocenters. The van der Waals surface area contributed by atoms with E-state index in [1.54, 1.807) is 0 Å². The third kappa shape index (κ3) is 3.45. The number of halogens is 2. The molecule has 0 amide bonds. The zero-order chi connectivity index (χ0) is 13.2. The zero-order valence-electron chi connectivity index (χ0n) is 9.52. The minimum absolute atomic E-state index is 0.143. The minimum Gasteiger partial charge on any atom is -0.323 e. The Kier molecular flexibility index (Phi) is 4.18. The normalized spacial score (nSPS) is 14.0. The molecule has 0 heterocycles. The van der Waals surface area contributed by atoms with Crippen molar-refractivity contribution in [1.29, 1.82) is 0 Å². The van der Waals surface area contributed by atoms with Gasteiger partial charge in [0, 0.05) is 25.7 Å². The maximum Gasteiger partial charge on any atom is 0.215 e. The van der Waals surface area contributed by atoms with Crippen LogP contribution in [0.5, 0.6) is 0 Å². The van der Waals surface area contributed by atoms with Gasteiger partial charge in [-0.05, 0) is 18.2 Å². The lowest BCUT2D eigenvalue weighted by Crippen LogP contribution is -2.31. The van der Waals surface area contributed by atoms with E-state index in [9.17, 15) is 17.2 Å². The van der Waals surface area contributed by atoms with Gasteiger partial charge < -0.3 is 5.73 Å². The second kappa shape index (κ2) is 5.07. The number of rotatable bonds is 4. The van der Waals surface area contributed by atoms with E-state index in [-0.39, 0.29) is 5.56 Å². The van der Waals surface area contributed by atoms with Crippen LogP contribution in [0.15, 0.2) is 18.2 Å². The predicted molar refractivity (Wildman–Crippen MR) is 60.8 cm³/mol. The molecule has 0 fully saturated rings. The Bertz CT molecular complexity index is 503. The molecule has 0 aliphatic heterocycles. The van der Waals surface area contributed by atoms with Crippen molar-refractivity contribution in [2.75, 3.05) is 19.8 Å². The van der Waals surface area contributed by atoms with Gasteiger partial charge >= 0.3 is 0 Å². The van der Waals surface area contributed by atoms with Gasteiger partial charge in [0.05, 0.1) is 5.75 Å². The summed E-state index contributed by atoms with van der Waals surface area (Å²) in [5.41, 5.74) is 5.43. The molecule has 96 valence electrons. The average Bonchev–Trinajstić information content (AvgIpc) is 2.20. The molecule has 7 heteroatoms. The Labute approximate surface area is 99.1 Å². The SMILES string of the molecule is CN(C)S(=O)(=O)CC(N)c1cc(F)ccc1F. The van der Waals surface area contributed by atoms with Crippen LogP contribution >= 0.6 is 0 Å². The summed E-state index contributed by atoms with van der Waals surface area (Å²) in [7, 11) is -0.854. The van der Waals surface area contributed by atoms with Crippen molar-refractivity contribution in [1.82, 2.24) is 4.31 Å². The molecule has 2 N–H and O–H groups in total. The van der Waals surface area contributed by atoms with Crippen LogP contribution in [-0.4, -0.2) is 32.6 Å². The lowest BCUT2D eigenvalue weighted by Gasteiger charge is -2.16. The fourth-order valence-electron chi connectivity index (χ4n) is 1.26. The topological polar surface area (TPSA) is 63.4 Å². The fourth-order valence-corrected chi connectivity index (χ4v) is 2.20. The van der Waals surface area contributed by atoms with Gasteiger partial charge in [0.25, 0.3) is 0 Å². The van der Waals surface area contributed by atoms with Crippen molar-refractivity contribution >= 4 is 10.0 Å². The maximum absolute atomic E-state index is 13.3. The van der Waals surface area contributed by atoms with Crippen LogP contribution in [0.4, 0.5) is 8.78 Å². The molecular formula is C10H14F2N2O2S. The van der Waals surface area contributed by atoms with E-state index in [1.165, 1.54) is 14.1 Å².